The molecule has 2 heterocycles. The van der Waals surface area contributed by atoms with Crippen molar-refractivity contribution >= 4 is 17.4 Å². The van der Waals surface area contributed by atoms with Crippen molar-refractivity contribution in [3.05, 3.63) is 66.0 Å². The zero-order valence-electron chi connectivity index (χ0n) is 16.6. The van der Waals surface area contributed by atoms with Crippen molar-refractivity contribution in [2.45, 2.75) is 12.0 Å². The average Bonchev–Trinajstić information content (AvgIpc) is 3.11. The van der Waals surface area contributed by atoms with E-state index in [2.05, 4.69) is 20.7 Å². The summed E-state index contributed by atoms with van der Waals surface area (Å²) < 4.78 is 49.7. The maximum Gasteiger partial charge on any atom is 0.416 e. The molecule has 0 saturated carbocycles. The number of nitrogens with two attached hydrogens (primary N) is 1. The van der Waals surface area contributed by atoms with Crippen LogP contribution in [0.4, 0.5) is 18.9 Å². The van der Waals surface area contributed by atoms with Gasteiger partial charge >= 0.3 is 6.18 Å². The third kappa shape index (κ3) is 4.05. The van der Waals surface area contributed by atoms with Crippen molar-refractivity contribution in [2.75, 3.05) is 19.5 Å². The number of aliphatic imine (C=N–C) groups is 2. The van der Waals surface area contributed by atoms with E-state index in [1.54, 1.807) is 24.4 Å². The number of amidine groups is 2. The quantitative estimate of drug-likeness (QED) is 0.688. The number of halogens is 3. The summed E-state index contributed by atoms with van der Waals surface area (Å²) in [6.45, 7) is 0. The molecule has 2 aromatic carbocycles. The van der Waals surface area contributed by atoms with Crippen molar-refractivity contribution in [2.24, 2.45) is 15.7 Å². The van der Waals surface area contributed by atoms with E-state index >= 15 is 0 Å². The second-order valence-electron chi connectivity index (χ2n) is 6.76. The summed E-state index contributed by atoms with van der Waals surface area (Å²) in [5.74, 6) is 0.207. The second kappa shape index (κ2) is 7.60. The number of anilines is 1. The number of ether oxygens (including phenoxy) is 2. The number of fused-ring (bicyclic) bond motifs is 1. The lowest BCUT2D eigenvalue weighted by molar-refractivity contribution is -0.137. The predicted octanol–water partition coefficient (Wildman–Crippen LogP) is 3.01. The van der Waals surface area contributed by atoms with Crippen LogP contribution in [0.1, 0.15) is 11.1 Å². The number of nitrogens with zero attached hydrogens (tertiary/aromatic N) is 3. The number of rotatable bonds is 4. The highest BCUT2D eigenvalue weighted by Gasteiger charge is 2.40. The van der Waals surface area contributed by atoms with E-state index in [1.807, 2.05) is 0 Å². The molecule has 1 unspecified atom stereocenters. The van der Waals surface area contributed by atoms with Crippen molar-refractivity contribution in [3.63, 3.8) is 0 Å². The fourth-order valence-electron chi connectivity index (χ4n) is 3.14. The Morgan fingerprint density at radius 1 is 1.10 bits per heavy atom. The first kappa shape index (κ1) is 20.7. The Labute approximate surface area is 175 Å². The molecule has 0 spiro atoms. The van der Waals surface area contributed by atoms with Crippen LogP contribution in [-0.2, 0) is 12.0 Å². The van der Waals surface area contributed by atoms with E-state index in [4.69, 9.17) is 15.2 Å². The first-order valence-corrected chi connectivity index (χ1v) is 9.10. The van der Waals surface area contributed by atoms with Gasteiger partial charge in [-0.2, -0.15) is 18.6 Å². The second-order valence-corrected chi connectivity index (χ2v) is 6.76. The topological polar surface area (TPSA) is 96.5 Å². The summed E-state index contributed by atoms with van der Waals surface area (Å²) in [6, 6.07) is 9.92. The minimum Gasteiger partial charge on any atom is -0.497 e. The first-order valence-electron chi connectivity index (χ1n) is 9.10. The van der Waals surface area contributed by atoms with Crippen LogP contribution in [0, 0.1) is 0 Å². The van der Waals surface area contributed by atoms with Gasteiger partial charge < -0.3 is 14.8 Å². The van der Waals surface area contributed by atoms with Crippen LogP contribution < -0.4 is 25.9 Å². The molecule has 0 amide bonds. The molecule has 4 rings (SSSR count). The summed E-state index contributed by atoms with van der Waals surface area (Å²) in [6.07, 6.45) is -1.38. The molecule has 0 bridgehead atoms. The fraction of sp³-hybridized carbons (Fsp3) is 0.200. The van der Waals surface area contributed by atoms with Crippen LogP contribution >= 0.6 is 0 Å². The number of benzene rings is 2. The van der Waals surface area contributed by atoms with Gasteiger partial charge in [-0.15, -0.1) is 0 Å². The van der Waals surface area contributed by atoms with Crippen molar-refractivity contribution in [1.29, 1.82) is 0 Å². The normalized spacial score (nSPS) is 20.1. The predicted molar refractivity (Wildman–Crippen MR) is 109 cm³/mol. The molecule has 4 N–H and O–H groups in total. The summed E-state index contributed by atoms with van der Waals surface area (Å²) in [5.41, 5.74) is 9.55. The summed E-state index contributed by atoms with van der Waals surface area (Å²) >= 11 is 0. The number of methoxy groups -OCH3 is 2. The van der Waals surface area contributed by atoms with E-state index < -0.39 is 17.5 Å². The van der Waals surface area contributed by atoms with Crippen LogP contribution in [0.5, 0.6) is 11.5 Å². The minimum atomic E-state index is -4.46. The van der Waals surface area contributed by atoms with E-state index in [1.165, 1.54) is 37.6 Å². The molecule has 0 fully saturated rings. The van der Waals surface area contributed by atoms with E-state index in [9.17, 15) is 13.2 Å². The summed E-state index contributed by atoms with van der Waals surface area (Å²) in [7, 11) is 3.04. The van der Waals surface area contributed by atoms with Gasteiger partial charge in [-0.1, -0.05) is 6.07 Å². The highest BCUT2D eigenvalue weighted by atomic mass is 19.4. The Kier molecular flexibility index (Phi) is 5.07. The van der Waals surface area contributed by atoms with Gasteiger partial charge in [0.15, 0.2) is 11.7 Å². The molecule has 162 valence electrons. The largest absolute Gasteiger partial charge is 0.497 e. The lowest BCUT2D eigenvalue weighted by Gasteiger charge is -2.26. The summed E-state index contributed by atoms with van der Waals surface area (Å²) in [4.78, 5) is 8.76. The smallest absolute Gasteiger partial charge is 0.416 e. The maximum atomic E-state index is 13.0. The van der Waals surface area contributed by atoms with E-state index in [0.29, 0.717) is 22.9 Å². The highest BCUT2D eigenvalue weighted by Crippen LogP contribution is 2.33. The van der Waals surface area contributed by atoms with E-state index in [0.717, 1.165) is 12.1 Å². The molecule has 8 nitrogen and oxygen atoms in total. The highest BCUT2D eigenvalue weighted by molar-refractivity contribution is 6.45. The van der Waals surface area contributed by atoms with Gasteiger partial charge in [0.1, 0.15) is 11.5 Å². The minimum absolute atomic E-state index is 0.212. The van der Waals surface area contributed by atoms with Crippen LogP contribution in [0.3, 0.4) is 0 Å². The zero-order chi connectivity index (χ0) is 22.2. The fourth-order valence-corrected chi connectivity index (χ4v) is 3.14. The Bertz CT molecular complexity index is 1080. The SMILES string of the molecule is COc1cc(OC)cc(C2(N)N=C3C(Nc4cccc(C(F)(F)F)c4)=NC=CN3N2)c1. The van der Waals surface area contributed by atoms with Crippen molar-refractivity contribution in [3.8, 4) is 11.5 Å². The molecule has 1 atom stereocenters. The lowest BCUT2D eigenvalue weighted by atomic mass is 10.1. The van der Waals surface area contributed by atoms with Crippen molar-refractivity contribution < 1.29 is 22.6 Å². The molecule has 0 aliphatic carbocycles. The molecule has 0 radical (unpaired) electrons. The monoisotopic (exact) mass is 432 g/mol. The zero-order valence-corrected chi connectivity index (χ0v) is 16.6. The molecule has 0 aromatic heterocycles. The molecule has 2 aromatic rings. The van der Waals surface area contributed by atoms with Gasteiger partial charge in [-0.3, -0.25) is 10.7 Å². The molecular weight excluding hydrogens is 413 g/mol. The average molecular weight is 432 g/mol. The number of hydrazine groups is 1. The Morgan fingerprint density at radius 3 is 2.45 bits per heavy atom. The molecule has 2 aliphatic rings. The number of hydrogen-bond donors (Lipinski definition) is 3. The summed E-state index contributed by atoms with van der Waals surface area (Å²) in [5, 5.41) is 4.42. The standard InChI is InChI=1S/C20H19F3N6O2/c1-30-15-9-13(10-16(11-15)31-2)20(24)27-18-17(25-6-7-29(18)28-20)26-14-5-3-4-12(8-14)19(21,22)23/h3-11,28H,24H2,1-2H3,(H,25,26). The van der Waals surface area contributed by atoms with Gasteiger partial charge in [0, 0.05) is 29.7 Å². The Morgan fingerprint density at radius 2 is 1.81 bits per heavy atom. The van der Waals surface area contributed by atoms with Gasteiger partial charge in [0.2, 0.25) is 5.79 Å². The lowest BCUT2D eigenvalue weighted by Crippen LogP contribution is -2.51. The first-order chi connectivity index (χ1) is 14.7. The molecular formula is C20H19F3N6O2. The third-order valence-electron chi connectivity index (χ3n) is 4.68. The van der Waals surface area contributed by atoms with Crippen LogP contribution in [0.25, 0.3) is 0 Å². The van der Waals surface area contributed by atoms with Crippen LogP contribution in [0.15, 0.2) is 64.8 Å². The maximum absolute atomic E-state index is 13.0. The molecule has 2 aliphatic heterocycles. The third-order valence-corrected chi connectivity index (χ3v) is 4.68. The molecule has 0 saturated heterocycles. The van der Waals surface area contributed by atoms with Gasteiger partial charge in [-0.25, -0.2) is 9.98 Å². The molecule has 31 heavy (non-hydrogen) atoms. The van der Waals surface area contributed by atoms with E-state index in [-0.39, 0.29) is 11.5 Å². The Balaban J connectivity index is 1.66. The number of hydrogen-bond acceptors (Lipinski definition) is 8. The van der Waals surface area contributed by atoms with Crippen LogP contribution in [0.2, 0.25) is 0 Å². The molecule has 11 heteroatoms. The van der Waals surface area contributed by atoms with Gasteiger partial charge in [0.05, 0.1) is 19.8 Å². The Hall–Kier alpha value is -3.57. The van der Waals surface area contributed by atoms with Crippen molar-refractivity contribution in [1.82, 2.24) is 10.4 Å². The van der Waals surface area contributed by atoms with Gasteiger partial charge in [-0.05, 0) is 30.3 Å². The van der Waals surface area contributed by atoms with Gasteiger partial charge in [0.25, 0.3) is 0 Å². The van der Waals surface area contributed by atoms with Crippen LogP contribution in [-0.4, -0.2) is 30.9 Å². The number of alkyl halides is 3. The number of nitrogens with one attached hydrogen (secondary N) is 2.